The van der Waals surface area contributed by atoms with Crippen molar-refractivity contribution in [3.63, 3.8) is 0 Å². The fourth-order valence-electron chi connectivity index (χ4n) is 3.41. The minimum absolute atomic E-state index is 0.0294. The number of ether oxygens (including phenoxy) is 1. The van der Waals surface area contributed by atoms with Crippen molar-refractivity contribution in [2.45, 2.75) is 37.0 Å². The number of rotatable bonds is 7. The second-order valence-corrected chi connectivity index (χ2v) is 8.41. The summed E-state index contributed by atoms with van der Waals surface area (Å²) in [5.41, 5.74) is -8.98. The SMILES string of the molecule is O=C(Cc1c(Br)cc(C(F)(C(F)(F)F)C(F)(F)C(F)(F)F)cc1OC(F)F)c1ccc2ncccc2c1. The maximum Gasteiger partial charge on any atom is 0.457 e. The van der Waals surface area contributed by atoms with E-state index in [1.165, 1.54) is 24.4 Å². The number of hydrogen-bond acceptors (Lipinski definition) is 3. The number of hydrogen-bond donors (Lipinski definition) is 0. The van der Waals surface area contributed by atoms with E-state index in [2.05, 4.69) is 25.7 Å². The first-order chi connectivity index (χ1) is 16.9. The highest BCUT2D eigenvalue weighted by molar-refractivity contribution is 9.10. The van der Waals surface area contributed by atoms with Gasteiger partial charge in [-0.2, -0.15) is 43.9 Å². The molecule has 1 atom stereocenters. The Morgan fingerprint density at radius 2 is 1.57 bits per heavy atom. The summed E-state index contributed by atoms with van der Waals surface area (Å²) in [4.78, 5) is 16.8. The van der Waals surface area contributed by atoms with Gasteiger partial charge in [0.15, 0.2) is 5.78 Å². The Morgan fingerprint density at radius 1 is 0.919 bits per heavy atom. The van der Waals surface area contributed by atoms with Crippen molar-refractivity contribution in [2.24, 2.45) is 0 Å². The molecule has 1 heterocycles. The first-order valence-corrected chi connectivity index (χ1v) is 10.6. The van der Waals surface area contributed by atoms with Gasteiger partial charge in [-0.05, 0) is 36.4 Å². The molecule has 0 aliphatic carbocycles. The number of benzene rings is 2. The van der Waals surface area contributed by atoms with Crippen molar-refractivity contribution in [1.82, 2.24) is 4.98 Å². The number of ketones is 1. The number of alkyl halides is 11. The van der Waals surface area contributed by atoms with Gasteiger partial charge >= 0.3 is 30.6 Å². The van der Waals surface area contributed by atoms with E-state index in [0.717, 1.165) is 0 Å². The predicted molar refractivity (Wildman–Crippen MR) is 110 cm³/mol. The molecule has 0 saturated carbocycles. The summed E-state index contributed by atoms with van der Waals surface area (Å²) in [5, 5.41) is 0.480. The first-order valence-electron chi connectivity index (χ1n) is 9.76. The fourth-order valence-corrected chi connectivity index (χ4v) is 4.00. The Labute approximate surface area is 208 Å². The van der Waals surface area contributed by atoms with E-state index in [-0.39, 0.29) is 17.7 Å². The highest BCUT2D eigenvalue weighted by Crippen LogP contribution is 2.59. The Bertz CT molecular complexity index is 1320. The molecule has 3 nitrogen and oxygen atoms in total. The first kappa shape index (κ1) is 28.6. The van der Waals surface area contributed by atoms with Crippen molar-refractivity contribution in [1.29, 1.82) is 0 Å². The van der Waals surface area contributed by atoms with Crippen LogP contribution in [0.3, 0.4) is 0 Å². The van der Waals surface area contributed by atoms with Crippen molar-refractivity contribution in [2.75, 3.05) is 0 Å². The minimum Gasteiger partial charge on any atom is -0.434 e. The van der Waals surface area contributed by atoms with Gasteiger partial charge in [0.1, 0.15) is 5.75 Å². The summed E-state index contributed by atoms with van der Waals surface area (Å²) in [6.45, 7) is -3.83. The Kier molecular flexibility index (Phi) is 7.52. The Balaban J connectivity index is 2.15. The third-order valence-corrected chi connectivity index (χ3v) is 5.92. The number of Topliss-reactive ketones (excluding diaryl/α,β-unsaturated/α-hetero) is 1. The molecule has 2 aromatic carbocycles. The summed E-state index contributed by atoms with van der Waals surface area (Å²) in [6.07, 6.45) is -13.3. The molecule has 0 fully saturated rings. The molecule has 0 spiro atoms. The number of carbonyl (C=O) groups excluding carboxylic acids is 1. The molecule has 15 heteroatoms. The molecule has 0 bridgehead atoms. The van der Waals surface area contributed by atoms with E-state index in [4.69, 9.17) is 0 Å². The van der Waals surface area contributed by atoms with E-state index in [1.807, 2.05) is 0 Å². The molecule has 3 rings (SSSR count). The largest absolute Gasteiger partial charge is 0.457 e. The predicted octanol–water partition coefficient (Wildman–Crippen LogP) is 7.95. The van der Waals surface area contributed by atoms with Gasteiger partial charge in [-0.3, -0.25) is 9.78 Å². The van der Waals surface area contributed by atoms with Crippen LogP contribution in [0.1, 0.15) is 21.5 Å². The summed E-state index contributed by atoms with van der Waals surface area (Å²) >= 11 is 2.56. The molecule has 1 unspecified atom stereocenters. The topological polar surface area (TPSA) is 39.2 Å². The van der Waals surface area contributed by atoms with E-state index < -0.39 is 64.1 Å². The smallest absolute Gasteiger partial charge is 0.434 e. The van der Waals surface area contributed by atoms with Crippen LogP contribution < -0.4 is 4.74 Å². The van der Waals surface area contributed by atoms with Crippen molar-refractivity contribution in [3.05, 3.63) is 69.8 Å². The lowest BCUT2D eigenvalue weighted by molar-refractivity contribution is -0.389. The number of halogens is 12. The van der Waals surface area contributed by atoms with Gasteiger partial charge in [0.25, 0.3) is 0 Å². The van der Waals surface area contributed by atoms with Crippen LogP contribution in [0.25, 0.3) is 10.9 Å². The van der Waals surface area contributed by atoms with Gasteiger partial charge < -0.3 is 4.74 Å². The van der Waals surface area contributed by atoms with Crippen LogP contribution in [-0.2, 0) is 12.1 Å². The van der Waals surface area contributed by atoms with Crippen LogP contribution in [0.4, 0.5) is 48.3 Å². The standard InChI is InChI=1S/C22H11BrF11NO2/c23-14-7-12(19(26,21(29,30)31)20(27,28)22(32,33)34)8-17(37-18(24)25)13(14)9-16(36)11-3-4-15-10(6-11)2-1-5-35-15/h1-8,18H,9H2. The number of carbonyl (C=O) groups is 1. The molecule has 0 radical (unpaired) electrons. The van der Waals surface area contributed by atoms with E-state index in [0.29, 0.717) is 10.9 Å². The quantitative estimate of drug-likeness (QED) is 0.202. The number of fused-ring (bicyclic) bond motifs is 1. The molecule has 0 saturated heterocycles. The number of nitrogens with zero attached hydrogens (tertiary/aromatic N) is 1. The molecule has 0 N–H and O–H groups in total. The molecule has 1 aromatic heterocycles. The van der Waals surface area contributed by atoms with Crippen molar-refractivity contribution >= 4 is 32.6 Å². The van der Waals surface area contributed by atoms with Crippen molar-refractivity contribution in [3.8, 4) is 5.75 Å². The van der Waals surface area contributed by atoms with Gasteiger partial charge in [-0.25, -0.2) is 4.39 Å². The average molecular weight is 610 g/mol. The highest BCUT2D eigenvalue weighted by Gasteiger charge is 2.81. The Morgan fingerprint density at radius 3 is 2.14 bits per heavy atom. The van der Waals surface area contributed by atoms with Crippen LogP contribution in [-0.4, -0.2) is 35.7 Å². The maximum absolute atomic E-state index is 14.9. The molecule has 3 aromatic rings. The molecule has 0 amide bonds. The summed E-state index contributed by atoms with van der Waals surface area (Å²) in [5.74, 6) is -9.28. The summed E-state index contributed by atoms with van der Waals surface area (Å²) in [7, 11) is 0. The summed E-state index contributed by atoms with van der Waals surface area (Å²) in [6, 6.07) is 6.72. The second kappa shape index (κ2) is 9.72. The molecule has 0 aliphatic rings. The lowest BCUT2D eigenvalue weighted by Crippen LogP contribution is -2.59. The van der Waals surface area contributed by atoms with E-state index >= 15 is 0 Å². The van der Waals surface area contributed by atoms with Crippen LogP contribution >= 0.6 is 15.9 Å². The maximum atomic E-state index is 14.9. The molecular formula is C22H11BrF11NO2. The van der Waals surface area contributed by atoms with Crippen LogP contribution in [0.15, 0.2) is 53.1 Å². The molecule has 0 aliphatic heterocycles. The molecule has 37 heavy (non-hydrogen) atoms. The molecule has 200 valence electrons. The van der Waals surface area contributed by atoms with Crippen LogP contribution in [0.2, 0.25) is 0 Å². The van der Waals surface area contributed by atoms with E-state index in [1.54, 1.807) is 12.1 Å². The summed E-state index contributed by atoms with van der Waals surface area (Å²) < 4.78 is 150. The average Bonchev–Trinajstić information content (AvgIpc) is 2.78. The lowest BCUT2D eigenvalue weighted by atomic mass is 9.86. The minimum atomic E-state index is -7.03. The zero-order valence-electron chi connectivity index (χ0n) is 17.7. The normalized spacial score (nSPS) is 14.6. The zero-order valence-corrected chi connectivity index (χ0v) is 19.3. The van der Waals surface area contributed by atoms with Crippen molar-refractivity contribution < 1.29 is 57.8 Å². The van der Waals surface area contributed by atoms with Crippen LogP contribution in [0, 0.1) is 0 Å². The molecular weight excluding hydrogens is 599 g/mol. The Hall–Kier alpha value is -2.97. The van der Waals surface area contributed by atoms with Gasteiger partial charge in [-0.1, -0.05) is 22.0 Å². The van der Waals surface area contributed by atoms with Gasteiger partial charge in [0, 0.05) is 39.2 Å². The van der Waals surface area contributed by atoms with Crippen LogP contribution in [0.5, 0.6) is 5.75 Å². The van der Waals surface area contributed by atoms with E-state index in [9.17, 15) is 53.1 Å². The lowest BCUT2D eigenvalue weighted by Gasteiger charge is -2.36. The third-order valence-electron chi connectivity index (χ3n) is 5.21. The monoisotopic (exact) mass is 609 g/mol. The highest BCUT2D eigenvalue weighted by atomic mass is 79.9. The van der Waals surface area contributed by atoms with Gasteiger partial charge in [0.05, 0.1) is 5.52 Å². The van der Waals surface area contributed by atoms with Gasteiger partial charge in [-0.15, -0.1) is 0 Å². The number of aromatic nitrogens is 1. The third kappa shape index (κ3) is 5.22. The fraction of sp³-hybridized carbons (Fsp3) is 0.273. The van der Waals surface area contributed by atoms with Gasteiger partial charge in [0.2, 0.25) is 0 Å². The zero-order chi connectivity index (χ0) is 28.0. The number of pyridine rings is 1. The second-order valence-electron chi connectivity index (χ2n) is 7.55.